The molecule has 25 heavy (non-hydrogen) atoms. The van der Waals surface area contributed by atoms with Gasteiger partial charge in [0, 0.05) is 18.5 Å². The molecular formula is C19H20N4O2. The maximum absolute atomic E-state index is 5.42. The second-order valence-corrected chi connectivity index (χ2v) is 5.88. The zero-order valence-corrected chi connectivity index (χ0v) is 14.1. The number of fused-ring (bicyclic) bond motifs is 2. The van der Waals surface area contributed by atoms with Crippen molar-refractivity contribution in [1.29, 1.82) is 0 Å². The number of nitrogens with one attached hydrogen (secondary N) is 2. The van der Waals surface area contributed by atoms with Crippen LogP contribution in [0.3, 0.4) is 0 Å². The molecule has 2 aromatic carbocycles. The van der Waals surface area contributed by atoms with E-state index in [2.05, 4.69) is 27.5 Å². The standard InChI is InChI=1S/C19H20N4O2/c1-2-9-20-18-14-5-3-4-6-15(14)22-19(23-18)21-11-13-7-8-16-17(10-13)25-12-24-16/h3-8,10H,2,9,11-12H2,1H3,(H2,20,21,22,23). The number of aromatic nitrogens is 2. The first-order valence-corrected chi connectivity index (χ1v) is 8.46. The molecule has 1 aliphatic heterocycles. The summed E-state index contributed by atoms with van der Waals surface area (Å²) in [5, 5.41) is 7.72. The molecule has 0 saturated heterocycles. The number of anilines is 2. The minimum Gasteiger partial charge on any atom is -0.454 e. The molecule has 1 aromatic heterocycles. The normalized spacial score (nSPS) is 12.4. The van der Waals surface area contributed by atoms with Gasteiger partial charge in [-0.3, -0.25) is 0 Å². The monoisotopic (exact) mass is 336 g/mol. The highest BCUT2D eigenvalue weighted by molar-refractivity contribution is 5.90. The number of ether oxygens (including phenoxy) is 2. The van der Waals surface area contributed by atoms with E-state index in [0.717, 1.165) is 46.7 Å². The largest absolute Gasteiger partial charge is 0.454 e. The second-order valence-electron chi connectivity index (χ2n) is 5.88. The predicted molar refractivity (Wildman–Crippen MR) is 98.2 cm³/mol. The lowest BCUT2D eigenvalue weighted by molar-refractivity contribution is 0.174. The fraction of sp³-hybridized carbons (Fsp3) is 0.263. The van der Waals surface area contributed by atoms with E-state index in [1.54, 1.807) is 0 Å². The number of hydrogen-bond acceptors (Lipinski definition) is 6. The summed E-state index contributed by atoms with van der Waals surface area (Å²) in [5.74, 6) is 3.04. The molecule has 0 unspecified atom stereocenters. The van der Waals surface area contributed by atoms with Gasteiger partial charge in [0.15, 0.2) is 11.5 Å². The second kappa shape index (κ2) is 6.84. The molecule has 2 N–H and O–H groups in total. The summed E-state index contributed by atoms with van der Waals surface area (Å²) in [4.78, 5) is 9.25. The molecule has 0 saturated carbocycles. The highest BCUT2D eigenvalue weighted by atomic mass is 16.7. The van der Waals surface area contributed by atoms with E-state index in [1.807, 2.05) is 42.5 Å². The minimum atomic E-state index is 0.284. The Morgan fingerprint density at radius 3 is 2.80 bits per heavy atom. The third kappa shape index (κ3) is 3.28. The molecule has 0 radical (unpaired) electrons. The zero-order chi connectivity index (χ0) is 17.1. The smallest absolute Gasteiger partial charge is 0.231 e. The van der Waals surface area contributed by atoms with Crippen LogP contribution < -0.4 is 20.1 Å². The molecule has 0 bridgehead atoms. The molecule has 0 spiro atoms. The van der Waals surface area contributed by atoms with Gasteiger partial charge in [-0.2, -0.15) is 4.98 Å². The molecule has 3 aromatic rings. The van der Waals surface area contributed by atoms with Gasteiger partial charge in [-0.05, 0) is 36.2 Å². The van der Waals surface area contributed by atoms with Crippen molar-refractivity contribution in [2.45, 2.75) is 19.9 Å². The number of rotatable bonds is 6. The number of hydrogen-bond donors (Lipinski definition) is 2. The average molecular weight is 336 g/mol. The number of para-hydroxylation sites is 1. The SMILES string of the molecule is CCCNc1nc(NCc2ccc3c(c2)OCO3)nc2ccccc12. The van der Waals surface area contributed by atoms with Gasteiger partial charge in [-0.1, -0.05) is 25.1 Å². The van der Waals surface area contributed by atoms with Crippen molar-refractivity contribution < 1.29 is 9.47 Å². The third-order valence-electron chi connectivity index (χ3n) is 4.03. The van der Waals surface area contributed by atoms with Crippen LogP contribution in [-0.4, -0.2) is 23.3 Å². The first-order valence-electron chi connectivity index (χ1n) is 8.46. The maximum Gasteiger partial charge on any atom is 0.231 e. The van der Waals surface area contributed by atoms with Crippen molar-refractivity contribution in [2.75, 3.05) is 24.0 Å². The van der Waals surface area contributed by atoms with Gasteiger partial charge in [0.1, 0.15) is 5.82 Å². The Bertz CT molecular complexity index is 898. The molecular weight excluding hydrogens is 316 g/mol. The molecule has 0 amide bonds. The summed E-state index contributed by atoms with van der Waals surface area (Å²) >= 11 is 0. The molecule has 1 aliphatic rings. The fourth-order valence-electron chi connectivity index (χ4n) is 2.77. The topological polar surface area (TPSA) is 68.3 Å². The Labute approximate surface area is 146 Å². The third-order valence-corrected chi connectivity index (χ3v) is 4.03. The van der Waals surface area contributed by atoms with Crippen LogP contribution in [0.5, 0.6) is 11.5 Å². The minimum absolute atomic E-state index is 0.284. The Morgan fingerprint density at radius 1 is 1.00 bits per heavy atom. The average Bonchev–Trinajstić information content (AvgIpc) is 3.12. The van der Waals surface area contributed by atoms with Crippen molar-refractivity contribution in [3.63, 3.8) is 0 Å². The van der Waals surface area contributed by atoms with Crippen molar-refractivity contribution in [2.24, 2.45) is 0 Å². The number of nitrogens with zero attached hydrogens (tertiary/aromatic N) is 2. The number of benzene rings is 2. The van der Waals surface area contributed by atoms with Crippen LogP contribution in [0.2, 0.25) is 0 Å². The lowest BCUT2D eigenvalue weighted by Gasteiger charge is -2.11. The van der Waals surface area contributed by atoms with E-state index in [9.17, 15) is 0 Å². The molecule has 2 heterocycles. The molecule has 6 nitrogen and oxygen atoms in total. The Morgan fingerprint density at radius 2 is 1.88 bits per heavy atom. The summed E-state index contributed by atoms with van der Waals surface area (Å²) in [6.07, 6.45) is 1.04. The van der Waals surface area contributed by atoms with Gasteiger partial charge in [-0.15, -0.1) is 0 Å². The summed E-state index contributed by atoms with van der Waals surface area (Å²) in [5.41, 5.74) is 2.01. The van der Waals surface area contributed by atoms with Gasteiger partial charge in [0.25, 0.3) is 0 Å². The molecule has 6 heteroatoms. The fourth-order valence-corrected chi connectivity index (χ4v) is 2.77. The highest BCUT2D eigenvalue weighted by Gasteiger charge is 2.13. The summed E-state index contributed by atoms with van der Waals surface area (Å²) in [6, 6.07) is 13.9. The summed E-state index contributed by atoms with van der Waals surface area (Å²) in [7, 11) is 0. The van der Waals surface area contributed by atoms with E-state index >= 15 is 0 Å². The van der Waals surface area contributed by atoms with E-state index in [0.29, 0.717) is 12.5 Å². The quantitative estimate of drug-likeness (QED) is 0.714. The molecule has 4 rings (SSSR count). The van der Waals surface area contributed by atoms with Crippen LogP contribution in [0, 0.1) is 0 Å². The first-order chi connectivity index (χ1) is 12.3. The van der Waals surface area contributed by atoms with Gasteiger partial charge < -0.3 is 20.1 Å². The first kappa shape index (κ1) is 15.5. The molecule has 0 atom stereocenters. The van der Waals surface area contributed by atoms with Crippen molar-refractivity contribution in [3.8, 4) is 11.5 Å². The predicted octanol–water partition coefficient (Wildman–Crippen LogP) is 3.79. The van der Waals surface area contributed by atoms with Gasteiger partial charge >= 0.3 is 0 Å². The van der Waals surface area contributed by atoms with Crippen LogP contribution in [0.4, 0.5) is 11.8 Å². The van der Waals surface area contributed by atoms with Crippen molar-refractivity contribution in [1.82, 2.24) is 9.97 Å². The van der Waals surface area contributed by atoms with E-state index in [-0.39, 0.29) is 6.79 Å². The van der Waals surface area contributed by atoms with E-state index < -0.39 is 0 Å². The maximum atomic E-state index is 5.42. The highest BCUT2D eigenvalue weighted by Crippen LogP contribution is 2.32. The van der Waals surface area contributed by atoms with Gasteiger partial charge in [0.2, 0.25) is 12.7 Å². The Kier molecular flexibility index (Phi) is 4.24. The summed E-state index contributed by atoms with van der Waals surface area (Å²) in [6.45, 7) is 3.91. The van der Waals surface area contributed by atoms with Crippen molar-refractivity contribution >= 4 is 22.7 Å². The van der Waals surface area contributed by atoms with Gasteiger partial charge in [0.05, 0.1) is 5.52 Å². The zero-order valence-electron chi connectivity index (χ0n) is 14.1. The Hall–Kier alpha value is -3.02. The van der Waals surface area contributed by atoms with Crippen LogP contribution in [0.25, 0.3) is 10.9 Å². The van der Waals surface area contributed by atoms with Crippen LogP contribution in [0.1, 0.15) is 18.9 Å². The summed E-state index contributed by atoms with van der Waals surface area (Å²) < 4.78 is 10.8. The lowest BCUT2D eigenvalue weighted by atomic mass is 10.2. The van der Waals surface area contributed by atoms with E-state index in [4.69, 9.17) is 9.47 Å². The van der Waals surface area contributed by atoms with Crippen LogP contribution in [0.15, 0.2) is 42.5 Å². The Balaban J connectivity index is 1.56. The van der Waals surface area contributed by atoms with Crippen molar-refractivity contribution in [3.05, 3.63) is 48.0 Å². The van der Waals surface area contributed by atoms with Crippen LogP contribution in [-0.2, 0) is 6.54 Å². The molecule has 0 fully saturated rings. The van der Waals surface area contributed by atoms with Crippen LogP contribution >= 0.6 is 0 Å². The van der Waals surface area contributed by atoms with E-state index in [1.165, 1.54) is 0 Å². The van der Waals surface area contributed by atoms with Gasteiger partial charge in [-0.25, -0.2) is 4.98 Å². The molecule has 0 aliphatic carbocycles. The lowest BCUT2D eigenvalue weighted by Crippen LogP contribution is -2.08. The molecule has 128 valence electrons.